The molecule has 1 aromatic heterocycles. The van der Waals surface area contributed by atoms with Crippen molar-refractivity contribution >= 4 is 23.2 Å². The minimum absolute atomic E-state index is 0.0561. The van der Waals surface area contributed by atoms with Crippen molar-refractivity contribution in [1.82, 2.24) is 4.90 Å². The van der Waals surface area contributed by atoms with E-state index in [1.807, 2.05) is 37.4 Å². The molecule has 5 heteroatoms. The highest BCUT2D eigenvalue weighted by atomic mass is 32.1. The van der Waals surface area contributed by atoms with E-state index in [1.165, 1.54) is 11.1 Å². The highest BCUT2D eigenvalue weighted by molar-refractivity contribution is 7.11. The second kappa shape index (κ2) is 7.42. The Morgan fingerprint density at radius 2 is 1.90 bits per heavy atom. The minimum Gasteiger partial charge on any atom is -0.477 e. The van der Waals surface area contributed by atoms with Crippen LogP contribution in [0, 0.1) is 20.8 Å². The van der Waals surface area contributed by atoms with Gasteiger partial charge in [-0.15, -0.1) is 11.3 Å². The number of aryl methyl sites for hydroxylation is 2. The third-order valence-corrected chi connectivity index (χ3v) is 6.66. The number of carbonyl (C=O) groups is 1. The van der Waals surface area contributed by atoms with Crippen molar-refractivity contribution in [2.24, 2.45) is 0 Å². The van der Waals surface area contributed by atoms with E-state index in [0.717, 1.165) is 40.4 Å². The number of nitrogens with zero attached hydrogens (tertiary/aromatic N) is 1. The van der Waals surface area contributed by atoms with Crippen LogP contribution in [-0.4, -0.2) is 17.4 Å². The maximum absolute atomic E-state index is 13.0. The summed E-state index contributed by atoms with van der Waals surface area (Å²) in [7, 11) is 0. The van der Waals surface area contributed by atoms with Crippen molar-refractivity contribution in [2.75, 3.05) is 6.73 Å². The minimum atomic E-state index is -0.0561. The summed E-state index contributed by atoms with van der Waals surface area (Å²) in [6.07, 6.45) is 1.85. The number of ether oxygens (including phenoxy) is 2. The van der Waals surface area contributed by atoms with Crippen LogP contribution in [0.5, 0.6) is 11.5 Å². The Morgan fingerprint density at radius 3 is 2.63 bits per heavy atom. The van der Waals surface area contributed by atoms with E-state index in [4.69, 9.17) is 9.47 Å². The fraction of sp³-hybridized carbons (Fsp3) is 0.240. The standard InChI is InChI=1S/C25H23NO3S/c1-15-4-6-18(7-5-15)12-26-13-19-10-20-23(27)21(11-22-16(2)8-9-30-22)29-25(20)17(3)24(19)28-14-26/h4-11H,12-14H2,1-3H3/b21-11-. The van der Waals surface area contributed by atoms with E-state index in [2.05, 4.69) is 36.1 Å². The van der Waals surface area contributed by atoms with Gasteiger partial charge in [0.1, 0.15) is 18.2 Å². The first-order valence-electron chi connectivity index (χ1n) is 10.0. The Morgan fingerprint density at radius 1 is 1.10 bits per heavy atom. The normalized spacial score (nSPS) is 16.9. The van der Waals surface area contributed by atoms with Gasteiger partial charge in [-0.2, -0.15) is 0 Å². The molecule has 0 bridgehead atoms. The summed E-state index contributed by atoms with van der Waals surface area (Å²) in [5.74, 6) is 1.80. The molecule has 0 amide bonds. The zero-order chi connectivity index (χ0) is 20.8. The topological polar surface area (TPSA) is 38.8 Å². The van der Waals surface area contributed by atoms with Gasteiger partial charge in [-0.05, 0) is 49.4 Å². The average Bonchev–Trinajstić information content (AvgIpc) is 3.28. The lowest BCUT2D eigenvalue weighted by atomic mass is 10.00. The Balaban J connectivity index is 1.42. The van der Waals surface area contributed by atoms with Crippen molar-refractivity contribution < 1.29 is 14.3 Å². The lowest BCUT2D eigenvalue weighted by molar-refractivity contribution is 0.0876. The van der Waals surface area contributed by atoms with Gasteiger partial charge >= 0.3 is 0 Å². The molecular formula is C25H23NO3S. The number of benzene rings is 2. The third-order valence-electron chi connectivity index (χ3n) is 5.69. The molecule has 0 spiro atoms. The number of thiophene rings is 1. The molecule has 3 aromatic rings. The lowest BCUT2D eigenvalue weighted by Crippen LogP contribution is -2.32. The second-order valence-electron chi connectivity index (χ2n) is 8.02. The van der Waals surface area contributed by atoms with Gasteiger partial charge in [-0.25, -0.2) is 0 Å². The largest absolute Gasteiger partial charge is 0.477 e. The fourth-order valence-electron chi connectivity index (χ4n) is 4.00. The van der Waals surface area contributed by atoms with Crippen LogP contribution in [0.25, 0.3) is 6.08 Å². The van der Waals surface area contributed by atoms with Crippen molar-refractivity contribution in [3.05, 3.63) is 85.8 Å². The maximum atomic E-state index is 13.0. The zero-order valence-electron chi connectivity index (χ0n) is 17.3. The SMILES string of the molecule is Cc1ccc(CN2COc3c(cc4c(c3C)O/C(=C\c3sccc3C)C4=O)C2)cc1. The highest BCUT2D eigenvalue weighted by Crippen LogP contribution is 2.43. The second-order valence-corrected chi connectivity index (χ2v) is 8.97. The van der Waals surface area contributed by atoms with Gasteiger partial charge in [0.2, 0.25) is 5.78 Å². The van der Waals surface area contributed by atoms with Crippen molar-refractivity contribution in [1.29, 1.82) is 0 Å². The molecule has 5 rings (SSSR count). The van der Waals surface area contributed by atoms with Gasteiger partial charge < -0.3 is 9.47 Å². The van der Waals surface area contributed by atoms with Crippen LogP contribution in [0.1, 0.15) is 43.1 Å². The molecule has 152 valence electrons. The molecule has 0 fully saturated rings. The Kier molecular flexibility index (Phi) is 4.72. The summed E-state index contributed by atoms with van der Waals surface area (Å²) in [5.41, 5.74) is 6.22. The predicted octanol–water partition coefficient (Wildman–Crippen LogP) is 5.64. The van der Waals surface area contributed by atoms with Crippen LogP contribution in [0.2, 0.25) is 0 Å². The number of allylic oxidation sites excluding steroid dienone is 1. The number of fused-ring (bicyclic) bond motifs is 2. The Labute approximate surface area is 180 Å². The van der Waals surface area contributed by atoms with E-state index in [9.17, 15) is 4.79 Å². The van der Waals surface area contributed by atoms with Gasteiger partial charge in [0.25, 0.3) is 0 Å². The van der Waals surface area contributed by atoms with Crippen LogP contribution < -0.4 is 9.47 Å². The quantitative estimate of drug-likeness (QED) is 0.517. The molecular weight excluding hydrogens is 394 g/mol. The van der Waals surface area contributed by atoms with Crippen LogP contribution in [-0.2, 0) is 13.1 Å². The molecule has 2 aliphatic rings. The molecule has 0 atom stereocenters. The molecule has 0 saturated heterocycles. The number of hydrogen-bond donors (Lipinski definition) is 0. The first-order valence-corrected chi connectivity index (χ1v) is 10.9. The Bertz CT molecular complexity index is 1170. The zero-order valence-corrected chi connectivity index (χ0v) is 18.1. The van der Waals surface area contributed by atoms with Crippen LogP contribution in [0.15, 0.2) is 47.5 Å². The van der Waals surface area contributed by atoms with E-state index < -0.39 is 0 Å². The highest BCUT2D eigenvalue weighted by Gasteiger charge is 2.33. The molecule has 2 aliphatic heterocycles. The maximum Gasteiger partial charge on any atom is 0.232 e. The lowest BCUT2D eigenvalue weighted by Gasteiger charge is -2.30. The molecule has 0 saturated carbocycles. The van der Waals surface area contributed by atoms with Crippen molar-refractivity contribution in [2.45, 2.75) is 33.9 Å². The first-order chi connectivity index (χ1) is 14.5. The van der Waals surface area contributed by atoms with Gasteiger partial charge in [0.05, 0.1) is 5.56 Å². The van der Waals surface area contributed by atoms with Gasteiger partial charge in [-0.1, -0.05) is 29.8 Å². The smallest absolute Gasteiger partial charge is 0.232 e. The predicted molar refractivity (Wildman–Crippen MR) is 119 cm³/mol. The number of hydrogen-bond acceptors (Lipinski definition) is 5. The van der Waals surface area contributed by atoms with Crippen LogP contribution >= 0.6 is 11.3 Å². The summed E-state index contributed by atoms with van der Waals surface area (Å²) in [5, 5.41) is 2.02. The number of carbonyl (C=O) groups excluding carboxylic acids is 1. The molecule has 2 aromatic carbocycles. The van der Waals surface area contributed by atoms with Gasteiger partial charge in [-0.3, -0.25) is 9.69 Å². The summed E-state index contributed by atoms with van der Waals surface area (Å²) in [6, 6.07) is 12.6. The summed E-state index contributed by atoms with van der Waals surface area (Å²) in [6.45, 7) is 8.17. The van der Waals surface area contributed by atoms with E-state index >= 15 is 0 Å². The first kappa shape index (κ1) is 19.1. The summed E-state index contributed by atoms with van der Waals surface area (Å²) in [4.78, 5) is 16.3. The van der Waals surface area contributed by atoms with E-state index in [-0.39, 0.29) is 5.78 Å². The summed E-state index contributed by atoms with van der Waals surface area (Å²) >= 11 is 1.61. The van der Waals surface area contributed by atoms with Gasteiger partial charge in [0, 0.05) is 35.2 Å². The molecule has 3 heterocycles. The Hall–Kier alpha value is -2.89. The molecule has 4 nitrogen and oxygen atoms in total. The van der Waals surface area contributed by atoms with Gasteiger partial charge in [0.15, 0.2) is 5.76 Å². The number of rotatable bonds is 3. The summed E-state index contributed by atoms with van der Waals surface area (Å²) < 4.78 is 12.1. The fourth-order valence-corrected chi connectivity index (χ4v) is 4.85. The number of Topliss-reactive ketones (excluding diaryl/α,β-unsaturated/α-hetero) is 1. The molecule has 0 N–H and O–H groups in total. The average molecular weight is 418 g/mol. The molecule has 30 heavy (non-hydrogen) atoms. The van der Waals surface area contributed by atoms with E-state index in [0.29, 0.717) is 23.8 Å². The molecule has 0 unspecified atom stereocenters. The molecule has 0 aliphatic carbocycles. The van der Waals surface area contributed by atoms with E-state index in [1.54, 1.807) is 11.3 Å². The van der Waals surface area contributed by atoms with Crippen LogP contribution in [0.4, 0.5) is 0 Å². The van der Waals surface area contributed by atoms with Crippen molar-refractivity contribution in [3.63, 3.8) is 0 Å². The number of ketones is 1. The molecule has 0 radical (unpaired) electrons. The third kappa shape index (κ3) is 3.34. The monoisotopic (exact) mass is 417 g/mol. The van der Waals surface area contributed by atoms with Crippen LogP contribution in [0.3, 0.4) is 0 Å². The van der Waals surface area contributed by atoms with Crippen molar-refractivity contribution in [3.8, 4) is 11.5 Å².